The molecule has 10 aromatic rings. The number of rotatable bonds is 5. The van der Waals surface area contributed by atoms with E-state index in [-0.39, 0.29) is 43.4 Å². The van der Waals surface area contributed by atoms with E-state index in [1.165, 1.54) is 60.7 Å². The van der Waals surface area contributed by atoms with Gasteiger partial charge in [0.1, 0.15) is 11.6 Å². The summed E-state index contributed by atoms with van der Waals surface area (Å²) >= 11 is 0. The Morgan fingerprint density at radius 3 is 1.49 bits per heavy atom. The monoisotopic (exact) mass is 962 g/mol. The van der Waals surface area contributed by atoms with Gasteiger partial charge in [-0.05, 0) is 72.7 Å². The first-order chi connectivity index (χ1) is 28.3. The van der Waals surface area contributed by atoms with Crippen molar-refractivity contribution < 1.29 is 46.8 Å². The molecule has 0 unspecified atom stereocenters. The minimum absolute atomic E-state index is 0. The fraction of sp³-hybridized carbons (Fsp3) is 0.0217. The largest absolute Gasteiger partial charge is 0.421 e. The minimum atomic E-state index is -0.345. The zero-order valence-electron chi connectivity index (χ0n) is 30.9. The van der Waals surface area contributed by atoms with E-state index < -0.39 is 0 Å². The molecule has 6 aromatic carbocycles. The van der Waals surface area contributed by atoms with E-state index in [9.17, 15) is 17.6 Å². The van der Waals surface area contributed by atoms with Crippen LogP contribution in [-0.4, -0.2) is 24.2 Å². The quantitative estimate of drug-likeness (QED) is 0.0989. The summed E-state index contributed by atoms with van der Waals surface area (Å²) in [5, 5.41) is 7.65. The summed E-state index contributed by atoms with van der Waals surface area (Å²) in [7, 11) is 0. The molecular weight excluding hydrogens is 933 g/mol. The van der Waals surface area contributed by atoms with Crippen LogP contribution in [0.25, 0.3) is 56.3 Å². The van der Waals surface area contributed by atoms with Crippen LogP contribution in [0.15, 0.2) is 158 Å². The molecule has 10 rings (SSSR count). The Labute approximate surface area is 349 Å². The van der Waals surface area contributed by atoms with E-state index in [0.717, 1.165) is 27.8 Å². The van der Waals surface area contributed by atoms with Crippen LogP contribution in [0.3, 0.4) is 0 Å². The molecule has 0 N–H and O–H groups in total. The molecule has 0 fully saturated rings. The van der Waals surface area contributed by atoms with Crippen LogP contribution < -0.4 is 14.2 Å². The number of imidazole rings is 2. The maximum atomic E-state index is 13.5. The maximum absolute atomic E-state index is 13.5. The topological polar surface area (TPSA) is 70.4 Å². The third-order valence-electron chi connectivity index (χ3n) is 8.69. The summed E-state index contributed by atoms with van der Waals surface area (Å²) in [5.74, 6) is -0.0664. The van der Waals surface area contributed by atoms with Crippen LogP contribution in [0.4, 0.5) is 17.6 Å². The van der Waals surface area contributed by atoms with Gasteiger partial charge in [0, 0.05) is 43.8 Å². The van der Waals surface area contributed by atoms with Crippen molar-refractivity contribution in [3.63, 3.8) is 0 Å². The van der Waals surface area contributed by atoms with E-state index >= 15 is 0 Å². The summed E-state index contributed by atoms with van der Waals surface area (Å²) in [6.07, 6.45) is 8.00. The van der Waals surface area contributed by atoms with Crippen LogP contribution in [0.1, 0.15) is 5.82 Å². The Hall–Kier alpha value is -7.08. The van der Waals surface area contributed by atoms with Crippen molar-refractivity contribution in [2.24, 2.45) is 0 Å². The Morgan fingerprint density at radius 2 is 1.05 bits per heavy atom. The third kappa shape index (κ3) is 9.07. The van der Waals surface area contributed by atoms with Crippen LogP contribution in [0, 0.1) is 55.0 Å². The molecular formula is C46H29F4IrN8-3. The molecule has 0 saturated heterocycles. The molecule has 0 amide bonds. The SMILES string of the molecule is Cc1n[n-]c(-c2ccccn2)n1.Fc1cc[c-]c(-n2[c-][n+](-c3cccc(F)c3)c3ccccc32)c1.Fc1cc[c-]c(-n2[c-][n+](-c3cccc(F)c3)c3ccccc32)c1.[Ir]. The number of para-hydroxylation sites is 4. The van der Waals surface area contributed by atoms with Crippen LogP contribution >= 0.6 is 0 Å². The third-order valence-corrected chi connectivity index (χ3v) is 8.69. The summed E-state index contributed by atoms with van der Waals surface area (Å²) in [6.45, 7) is 1.80. The standard InChI is InChI=1S/2C19H11F2N2.C8H7N4.Ir/c2*20-14-5-3-7-16(11-14)22-13-23(17-8-4-6-15(21)12-17)19-10-2-1-9-18(19)22;1-6-10-8(12-11-6)7-4-2-3-5-9-7;/h2*1-7,9-12H;2-5H,1H3;/q3*-1;. The molecule has 13 heteroatoms. The van der Waals surface area contributed by atoms with Gasteiger partial charge in [-0.1, -0.05) is 66.7 Å². The number of hydrogen-bond acceptors (Lipinski definition) is 3. The Balaban J connectivity index is 0.000000140. The molecule has 0 aliphatic carbocycles. The van der Waals surface area contributed by atoms with E-state index in [0.29, 0.717) is 34.4 Å². The van der Waals surface area contributed by atoms with E-state index in [4.69, 9.17) is 0 Å². The first-order valence-corrected chi connectivity index (χ1v) is 17.8. The number of fused-ring (bicyclic) bond motifs is 2. The zero-order valence-corrected chi connectivity index (χ0v) is 33.3. The summed E-state index contributed by atoms with van der Waals surface area (Å²) in [6, 6.07) is 47.9. The second kappa shape index (κ2) is 18.0. The maximum Gasteiger partial charge on any atom is 0.268 e. The minimum Gasteiger partial charge on any atom is -0.421 e. The van der Waals surface area contributed by atoms with Gasteiger partial charge in [0.2, 0.25) is 0 Å². The Kier molecular flexibility index (Phi) is 12.3. The summed E-state index contributed by atoms with van der Waals surface area (Å²) in [5.41, 5.74) is 6.49. The van der Waals surface area contributed by atoms with Gasteiger partial charge in [-0.3, -0.25) is 19.2 Å². The number of halogens is 4. The predicted molar refractivity (Wildman–Crippen MR) is 208 cm³/mol. The Morgan fingerprint density at radius 1 is 0.559 bits per heavy atom. The molecule has 0 aliphatic heterocycles. The molecule has 1 radical (unpaired) electrons. The average Bonchev–Trinajstić information content (AvgIpc) is 3.97. The number of aromatic nitrogens is 8. The molecule has 0 saturated carbocycles. The van der Waals surface area contributed by atoms with Crippen molar-refractivity contribution in [3.05, 3.63) is 212 Å². The Bertz CT molecular complexity index is 2670. The number of pyridine rings is 1. The van der Waals surface area contributed by atoms with E-state index in [1.54, 1.807) is 55.7 Å². The van der Waals surface area contributed by atoms with Gasteiger partial charge in [-0.25, -0.2) is 17.6 Å². The number of nitrogens with zero attached hydrogens (tertiary/aromatic N) is 8. The normalized spacial score (nSPS) is 10.7. The van der Waals surface area contributed by atoms with Crippen molar-refractivity contribution in [2.75, 3.05) is 0 Å². The van der Waals surface area contributed by atoms with Crippen LogP contribution in [-0.2, 0) is 20.1 Å². The smallest absolute Gasteiger partial charge is 0.268 e. The van der Waals surface area contributed by atoms with Gasteiger partial charge in [0.15, 0.2) is 0 Å². The molecule has 0 spiro atoms. The van der Waals surface area contributed by atoms with Gasteiger partial charge >= 0.3 is 0 Å². The van der Waals surface area contributed by atoms with Crippen molar-refractivity contribution in [3.8, 4) is 34.3 Å². The average molecular weight is 962 g/mol. The van der Waals surface area contributed by atoms with Crippen LogP contribution in [0.5, 0.6) is 0 Å². The molecule has 293 valence electrons. The fourth-order valence-corrected chi connectivity index (χ4v) is 6.12. The van der Waals surface area contributed by atoms with Crippen molar-refractivity contribution >= 4 is 22.1 Å². The predicted octanol–water partition coefficient (Wildman–Crippen LogP) is 8.37. The molecule has 4 heterocycles. The van der Waals surface area contributed by atoms with Gasteiger partial charge in [-0.2, -0.15) is 24.3 Å². The van der Waals surface area contributed by atoms with Gasteiger partial charge < -0.3 is 19.2 Å². The van der Waals surface area contributed by atoms with Gasteiger partial charge in [-0.15, -0.1) is 24.3 Å². The summed E-state index contributed by atoms with van der Waals surface area (Å²) in [4.78, 5) is 8.19. The first kappa shape index (κ1) is 40.1. The molecule has 59 heavy (non-hydrogen) atoms. The second-order valence-corrected chi connectivity index (χ2v) is 12.7. The van der Waals surface area contributed by atoms with Gasteiger partial charge in [0.25, 0.3) is 12.7 Å². The molecule has 8 nitrogen and oxygen atoms in total. The number of hydrogen-bond donors (Lipinski definition) is 0. The molecule has 0 atom stereocenters. The van der Waals surface area contributed by atoms with Crippen LogP contribution in [0.2, 0.25) is 0 Å². The van der Waals surface area contributed by atoms with E-state index in [1.807, 2.05) is 66.7 Å². The molecule has 0 aliphatic rings. The first-order valence-electron chi connectivity index (χ1n) is 17.8. The number of benzene rings is 6. The summed E-state index contributed by atoms with van der Waals surface area (Å²) < 4.78 is 61.1. The fourth-order valence-electron chi connectivity index (χ4n) is 6.12. The van der Waals surface area contributed by atoms with E-state index in [2.05, 4.69) is 45.0 Å². The van der Waals surface area contributed by atoms with Crippen molar-refractivity contribution in [1.82, 2.24) is 29.3 Å². The number of aryl methyl sites for hydroxylation is 1. The second-order valence-electron chi connectivity index (χ2n) is 12.7. The van der Waals surface area contributed by atoms with Gasteiger partial charge in [0.05, 0.1) is 39.1 Å². The van der Waals surface area contributed by atoms with Crippen molar-refractivity contribution in [1.29, 1.82) is 0 Å². The zero-order chi connectivity index (χ0) is 40.0. The van der Waals surface area contributed by atoms with Crippen molar-refractivity contribution in [2.45, 2.75) is 6.92 Å². The molecule has 0 bridgehead atoms. The molecule has 4 aromatic heterocycles.